The lowest BCUT2D eigenvalue weighted by molar-refractivity contribution is 0.150. The maximum atomic E-state index is 11.4. The fourth-order valence-electron chi connectivity index (χ4n) is 0.341. The van der Waals surface area contributed by atoms with Gasteiger partial charge in [0.2, 0.25) is 0 Å². The van der Waals surface area contributed by atoms with Crippen molar-refractivity contribution < 1.29 is 8.78 Å². The third kappa shape index (κ3) is 7.07. The lowest BCUT2D eigenvalue weighted by Crippen LogP contribution is -2.14. The van der Waals surface area contributed by atoms with E-state index in [1.54, 1.807) is 6.92 Å². The molecule has 4 heteroatoms. The van der Waals surface area contributed by atoms with Crippen molar-refractivity contribution in [1.82, 2.24) is 5.32 Å². The summed E-state index contributed by atoms with van der Waals surface area (Å²) in [5, 5.41) is 9.21. The molecule has 0 saturated heterocycles. The second-order valence-corrected chi connectivity index (χ2v) is 1.82. The summed E-state index contributed by atoms with van der Waals surface area (Å²) >= 11 is 0. The Hall–Kier alpha value is -0.930. The highest BCUT2D eigenvalue weighted by Crippen LogP contribution is 1.86. The Morgan fingerprint density at radius 3 is 2.70 bits per heavy atom. The standard InChI is InChI=1S/C6H10F2N2/c1-5(9)2-3-10-4-6(7)8/h2-3,6,9-10H,4H2,1H3/b3-2-,9-5?. The van der Waals surface area contributed by atoms with Crippen LogP contribution in [0.25, 0.3) is 0 Å². The van der Waals surface area contributed by atoms with E-state index < -0.39 is 6.43 Å². The highest BCUT2D eigenvalue weighted by Gasteiger charge is 1.96. The molecule has 0 aliphatic heterocycles. The predicted molar refractivity (Wildman–Crippen MR) is 36.5 cm³/mol. The van der Waals surface area contributed by atoms with E-state index in [1.165, 1.54) is 12.3 Å². The summed E-state index contributed by atoms with van der Waals surface area (Å²) in [5.74, 6) is 0. The van der Waals surface area contributed by atoms with Gasteiger partial charge in [-0.05, 0) is 19.2 Å². The van der Waals surface area contributed by atoms with Gasteiger partial charge in [-0.1, -0.05) is 0 Å². The second kappa shape index (κ2) is 4.90. The van der Waals surface area contributed by atoms with Gasteiger partial charge in [0, 0.05) is 5.71 Å². The van der Waals surface area contributed by atoms with Gasteiger partial charge < -0.3 is 10.7 Å². The number of hydrogen-bond acceptors (Lipinski definition) is 2. The molecule has 58 valence electrons. The van der Waals surface area contributed by atoms with Crippen LogP contribution >= 0.6 is 0 Å². The number of alkyl halides is 2. The SMILES string of the molecule is CC(=N)/C=C\NCC(F)F. The van der Waals surface area contributed by atoms with Crippen LogP contribution in [0.15, 0.2) is 12.3 Å². The van der Waals surface area contributed by atoms with E-state index >= 15 is 0 Å². The van der Waals surface area contributed by atoms with Gasteiger partial charge >= 0.3 is 0 Å². The van der Waals surface area contributed by atoms with Gasteiger partial charge in [0.1, 0.15) is 0 Å². The van der Waals surface area contributed by atoms with Crippen LogP contribution in [-0.2, 0) is 0 Å². The highest BCUT2D eigenvalue weighted by molar-refractivity contribution is 5.89. The molecule has 0 heterocycles. The summed E-state index contributed by atoms with van der Waals surface area (Å²) in [6.45, 7) is 1.21. The molecule has 0 radical (unpaired) electrons. The van der Waals surface area contributed by atoms with Crippen molar-refractivity contribution in [3.63, 3.8) is 0 Å². The number of hydrogen-bond donors (Lipinski definition) is 2. The predicted octanol–water partition coefficient (Wildman–Crippen LogP) is 1.39. The molecule has 2 N–H and O–H groups in total. The van der Waals surface area contributed by atoms with Crippen LogP contribution in [0.2, 0.25) is 0 Å². The third-order valence-electron chi connectivity index (χ3n) is 0.723. The zero-order valence-electron chi connectivity index (χ0n) is 5.70. The Labute approximate surface area is 58.4 Å². The van der Waals surface area contributed by atoms with Crippen molar-refractivity contribution in [2.75, 3.05) is 6.54 Å². The van der Waals surface area contributed by atoms with Crippen molar-refractivity contribution in [3.05, 3.63) is 12.3 Å². The molecule has 0 amide bonds. The summed E-state index contributed by atoms with van der Waals surface area (Å²) in [5.41, 5.74) is 0.335. The Kier molecular flexibility index (Phi) is 4.45. The van der Waals surface area contributed by atoms with Gasteiger partial charge in [-0.2, -0.15) is 0 Å². The molecule has 0 rings (SSSR count). The molecule has 0 unspecified atom stereocenters. The summed E-state index contributed by atoms with van der Waals surface area (Å²) in [4.78, 5) is 0. The first-order valence-electron chi connectivity index (χ1n) is 2.86. The number of rotatable bonds is 4. The molecule has 10 heavy (non-hydrogen) atoms. The van der Waals surface area contributed by atoms with Crippen LogP contribution in [0, 0.1) is 5.41 Å². The lowest BCUT2D eigenvalue weighted by atomic mass is 10.4. The summed E-state index contributed by atoms with van der Waals surface area (Å²) in [6.07, 6.45) is 0.423. The first-order chi connectivity index (χ1) is 4.63. The maximum Gasteiger partial charge on any atom is 0.255 e. The minimum Gasteiger partial charge on any atom is -0.385 e. The van der Waals surface area contributed by atoms with E-state index in [1.807, 2.05) is 0 Å². The molecule has 0 aromatic heterocycles. The van der Waals surface area contributed by atoms with E-state index in [-0.39, 0.29) is 6.54 Å². The van der Waals surface area contributed by atoms with Gasteiger partial charge in [-0.15, -0.1) is 0 Å². The van der Waals surface area contributed by atoms with E-state index in [4.69, 9.17) is 5.41 Å². The highest BCUT2D eigenvalue weighted by atomic mass is 19.3. The molecule has 0 bridgehead atoms. The average molecular weight is 148 g/mol. The molecule has 0 fully saturated rings. The lowest BCUT2D eigenvalue weighted by Gasteiger charge is -1.96. The van der Waals surface area contributed by atoms with Gasteiger partial charge in [0.15, 0.2) is 0 Å². The van der Waals surface area contributed by atoms with Gasteiger partial charge in [0.25, 0.3) is 6.43 Å². The first-order valence-corrected chi connectivity index (χ1v) is 2.86. The Morgan fingerprint density at radius 1 is 1.70 bits per heavy atom. The van der Waals surface area contributed by atoms with E-state index in [0.29, 0.717) is 5.71 Å². The minimum absolute atomic E-state index is 0.335. The second-order valence-electron chi connectivity index (χ2n) is 1.82. The van der Waals surface area contributed by atoms with Crippen LogP contribution in [-0.4, -0.2) is 18.7 Å². The molecule has 0 aliphatic rings. The van der Waals surface area contributed by atoms with Crippen molar-refractivity contribution in [3.8, 4) is 0 Å². The smallest absolute Gasteiger partial charge is 0.255 e. The summed E-state index contributed by atoms with van der Waals surface area (Å²) < 4.78 is 22.8. The number of nitrogens with one attached hydrogen (secondary N) is 2. The Morgan fingerprint density at radius 2 is 2.30 bits per heavy atom. The topological polar surface area (TPSA) is 35.9 Å². The molecule has 0 aromatic carbocycles. The molecule has 0 aromatic rings. The van der Waals surface area contributed by atoms with E-state index in [9.17, 15) is 8.78 Å². The summed E-state index contributed by atoms with van der Waals surface area (Å²) in [7, 11) is 0. The molecule has 0 atom stereocenters. The van der Waals surface area contributed by atoms with E-state index in [2.05, 4.69) is 5.32 Å². The third-order valence-corrected chi connectivity index (χ3v) is 0.723. The van der Waals surface area contributed by atoms with Crippen LogP contribution < -0.4 is 5.32 Å². The molecule has 0 saturated carbocycles. The van der Waals surface area contributed by atoms with Gasteiger partial charge in [0.05, 0.1) is 6.54 Å². The quantitative estimate of drug-likeness (QED) is 0.581. The normalized spacial score (nSPS) is 10.8. The van der Waals surface area contributed by atoms with Crippen molar-refractivity contribution in [2.45, 2.75) is 13.3 Å². The molecule has 0 aliphatic carbocycles. The van der Waals surface area contributed by atoms with Crippen molar-refractivity contribution in [2.24, 2.45) is 0 Å². The van der Waals surface area contributed by atoms with Crippen LogP contribution in [0.1, 0.15) is 6.92 Å². The minimum atomic E-state index is -2.34. The van der Waals surface area contributed by atoms with Gasteiger partial charge in [-0.3, -0.25) is 0 Å². The maximum absolute atomic E-state index is 11.4. The molecule has 2 nitrogen and oxygen atoms in total. The molecule has 0 spiro atoms. The summed E-state index contributed by atoms with van der Waals surface area (Å²) in [6, 6.07) is 0. The fraction of sp³-hybridized carbons (Fsp3) is 0.500. The van der Waals surface area contributed by atoms with Crippen LogP contribution in [0.5, 0.6) is 0 Å². The van der Waals surface area contributed by atoms with Crippen molar-refractivity contribution >= 4 is 5.71 Å². The zero-order valence-corrected chi connectivity index (χ0v) is 5.70. The monoisotopic (exact) mass is 148 g/mol. The Balaban J connectivity index is 3.27. The largest absolute Gasteiger partial charge is 0.385 e. The number of halogens is 2. The Bertz CT molecular complexity index is 132. The van der Waals surface area contributed by atoms with Crippen molar-refractivity contribution in [1.29, 1.82) is 5.41 Å². The number of allylic oxidation sites excluding steroid dienone is 1. The van der Waals surface area contributed by atoms with Crippen LogP contribution in [0.4, 0.5) is 8.78 Å². The molecular formula is C6H10F2N2. The zero-order chi connectivity index (χ0) is 7.98. The fourth-order valence-corrected chi connectivity index (χ4v) is 0.341. The first kappa shape index (κ1) is 9.07. The van der Waals surface area contributed by atoms with E-state index in [0.717, 1.165) is 0 Å². The van der Waals surface area contributed by atoms with Crippen LogP contribution in [0.3, 0.4) is 0 Å². The average Bonchev–Trinajstić information content (AvgIpc) is 1.79. The molecular weight excluding hydrogens is 138 g/mol. The van der Waals surface area contributed by atoms with Gasteiger partial charge in [-0.25, -0.2) is 8.78 Å².